The first-order chi connectivity index (χ1) is 9.56. The average molecular weight is 281 g/mol. The third-order valence-electron chi connectivity index (χ3n) is 3.85. The SMILES string of the molecule is Cn1c(C(=O)N2CCCCCC2CO)ccc1[N+](=O)[O-]. The highest BCUT2D eigenvalue weighted by atomic mass is 16.6. The van der Waals surface area contributed by atoms with Crippen molar-refractivity contribution in [3.63, 3.8) is 0 Å². The van der Waals surface area contributed by atoms with Crippen LogP contribution in [0.5, 0.6) is 0 Å². The zero-order valence-electron chi connectivity index (χ0n) is 11.5. The fraction of sp³-hybridized carbons (Fsp3) is 0.615. The standard InChI is InChI=1S/C13H19N3O4/c1-14-11(6-7-12(14)16(19)20)13(18)15-8-4-2-3-5-10(15)9-17/h6-7,10,17H,2-5,8-9H2,1H3. The molecular formula is C13H19N3O4. The van der Waals surface area contributed by atoms with Gasteiger partial charge in [0.2, 0.25) is 0 Å². The fourth-order valence-electron chi connectivity index (χ4n) is 2.68. The summed E-state index contributed by atoms with van der Waals surface area (Å²) in [6, 6.07) is 2.61. The highest BCUT2D eigenvalue weighted by molar-refractivity contribution is 5.93. The summed E-state index contributed by atoms with van der Waals surface area (Å²) in [5, 5.41) is 20.3. The summed E-state index contributed by atoms with van der Waals surface area (Å²) in [6.45, 7) is 0.515. The first kappa shape index (κ1) is 14.5. The van der Waals surface area contributed by atoms with E-state index < -0.39 is 4.92 Å². The number of rotatable bonds is 3. The van der Waals surface area contributed by atoms with Crippen molar-refractivity contribution in [2.45, 2.75) is 31.7 Å². The Labute approximate surface area is 116 Å². The zero-order valence-corrected chi connectivity index (χ0v) is 11.5. The maximum absolute atomic E-state index is 12.5. The summed E-state index contributed by atoms with van der Waals surface area (Å²) < 4.78 is 1.29. The summed E-state index contributed by atoms with van der Waals surface area (Å²) in [5.41, 5.74) is 0.289. The van der Waals surface area contributed by atoms with Crippen LogP contribution in [0.15, 0.2) is 12.1 Å². The Balaban J connectivity index is 2.27. The van der Waals surface area contributed by atoms with E-state index in [1.54, 1.807) is 4.90 Å². The number of hydrogen-bond donors (Lipinski definition) is 1. The van der Waals surface area contributed by atoms with E-state index in [9.17, 15) is 20.0 Å². The van der Waals surface area contributed by atoms with Gasteiger partial charge in [0.1, 0.15) is 0 Å². The minimum absolute atomic E-state index is 0.0712. The molecule has 0 bridgehead atoms. The molecule has 0 spiro atoms. The van der Waals surface area contributed by atoms with Gasteiger partial charge < -0.3 is 20.1 Å². The van der Waals surface area contributed by atoms with Crippen molar-refractivity contribution >= 4 is 11.7 Å². The molecule has 1 unspecified atom stereocenters. The van der Waals surface area contributed by atoms with Crippen LogP contribution in [-0.4, -0.2) is 44.6 Å². The van der Waals surface area contributed by atoms with Gasteiger partial charge in [-0.25, -0.2) is 4.57 Å². The van der Waals surface area contributed by atoms with Crippen LogP contribution in [0, 0.1) is 10.1 Å². The summed E-state index contributed by atoms with van der Waals surface area (Å²) in [7, 11) is 1.51. The van der Waals surface area contributed by atoms with E-state index in [0.717, 1.165) is 25.7 Å². The van der Waals surface area contributed by atoms with Crippen LogP contribution in [0.25, 0.3) is 0 Å². The maximum atomic E-state index is 12.5. The number of amides is 1. The average Bonchev–Trinajstić information content (AvgIpc) is 2.66. The molecule has 1 atom stereocenters. The van der Waals surface area contributed by atoms with Gasteiger partial charge in [0, 0.05) is 12.6 Å². The molecule has 1 aliphatic rings. The molecule has 1 N–H and O–H groups in total. The van der Waals surface area contributed by atoms with Crippen LogP contribution < -0.4 is 0 Å². The van der Waals surface area contributed by atoms with Gasteiger partial charge in [0.25, 0.3) is 5.91 Å². The second-order valence-electron chi connectivity index (χ2n) is 5.08. The van der Waals surface area contributed by atoms with Gasteiger partial charge in [-0.05, 0) is 23.8 Å². The number of carbonyl (C=O) groups excluding carboxylic acids is 1. The quantitative estimate of drug-likeness (QED) is 0.668. The van der Waals surface area contributed by atoms with Crippen LogP contribution in [0.3, 0.4) is 0 Å². The van der Waals surface area contributed by atoms with E-state index in [2.05, 4.69) is 0 Å². The fourth-order valence-corrected chi connectivity index (χ4v) is 2.68. The summed E-state index contributed by atoms with van der Waals surface area (Å²) in [6.07, 6.45) is 3.69. The minimum Gasteiger partial charge on any atom is -0.394 e. The van der Waals surface area contributed by atoms with Crippen molar-refractivity contribution in [1.29, 1.82) is 0 Å². The maximum Gasteiger partial charge on any atom is 0.323 e. The third kappa shape index (κ3) is 2.67. The number of nitro groups is 1. The summed E-state index contributed by atoms with van der Waals surface area (Å²) in [5.74, 6) is -0.356. The number of aliphatic hydroxyl groups excluding tert-OH is 1. The molecule has 1 aromatic heterocycles. The monoisotopic (exact) mass is 281 g/mol. The third-order valence-corrected chi connectivity index (χ3v) is 3.85. The molecule has 20 heavy (non-hydrogen) atoms. The number of carbonyl (C=O) groups is 1. The van der Waals surface area contributed by atoms with Crippen LogP contribution in [0.4, 0.5) is 5.82 Å². The number of likely N-dealkylation sites (tertiary alicyclic amines) is 1. The van der Waals surface area contributed by atoms with Crippen molar-refractivity contribution in [2.24, 2.45) is 7.05 Å². The van der Waals surface area contributed by atoms with Gasteiger partial charge in [-0.3, -0.25) is 4.79 Å². The Kier molecular flexibility index (Phi) is 4.39. The molecule has 110 valence electrons. The molecule has 1 aromatic rings. The normalized spacial score (nSPS) is 19.7. The van der Waals surface area contributed by atoms with Crippen molar-refractivity contribution in [3.8, 4) is 0 Å². The predicted octanol–water partition coefficient (Wildman–Crippen LogP) is 1.31. The van der Waals surface area contributed by atoms with Crippen molar-refractivity contribution in [1.82, 2.24) is 9.47 Å². The highest BCUT2D eigenvalue weighted by Gasteiger charge is 2.30. The van der Waals surface area contributed by atoms with Crippen molar-refractivity contribution in [2.75, 3.05) is 13.2 Å². The Morgan fingerprint density at radius 3 is 2.80 bits per heavy atom. The van der Waals surface area contributed by atoms with Crippen molar-refractivity contribution < 1.29 is 14.8 Å². The molecule has 0 radical (unpaired) electrons. The second-order valence-corrected chi connectivity index (χ2v) is 5.08. The van der Waals surface area contributed by atoms with Gasteiger partial charge in [-0.1, -0.05) is 12.8 Å². The number of aliphatic hydroxyl groups is 1. The van der Waals surface area contributed by atoms with Gasteiger partial charge in [0.15, 0.2) is 5.69 Å². The van der Waals surface area contributed by atoms with E-state index in [1.165, 1.54) is 23.7 Å². The largest absolute Gasteiger partial charge is 0.394 e. The summed E-state index contributed by atoms with van der Waals surface area (Å²) >= 11 is 0. The van der Waals surface area contributed by atoms with Gasteiger partial charge in [-0.15, -0.1) is 0 Å². The van der Waals surface area contributed by atoms with E-state index in [-0.39, 0.29) is 30.1 Å². The lowest BCUT2D eigenvalue weighted by molar-refractivity contribution is -0.391. The lowest BCUT2D eigenvalue weighted by Crippen LogP contribution is -2.42. The Morgan fingerprint density at radius 1 is 1.45 bits per heavy atom. The van der Waals surface area contributed by atoms with Crippen LogP contribution in [0.2, 0.25) is 0 Å². The predicted molar refractivity (Wildman–Crippen MR) is 72.4 cm³/mol. The van der Waals surface area contributed by atoms with Gasteiger partial charge in [0.05, 0.1) is 19.7 Å². The van der Waals surface area contributed by atoms with Crippen molar-refractivity contribution in [3.05, 3.63) is 27.9 Å². The van der Waals surface area contributed by atoms with Crippen LogP contribution >= 0.6 is 0 Å². The minimum atomic E-state index is -0.511. The van der Waals surface area contributed by atoms with Crippen LogP contribution in [0.1, 0.15) is 36.2 Å². The van der Waals surface area contributed by atoms with E-state index >= 15 is 0 Å². The van der Waals surface area contributed by atoms with E-state index in [1.807, 2.05) is 0 Å². The molecule has 0 saturated carbocycles. The van der Waals surface area contributed by atoms with Gasteiger partial charge in [-0.2, -0.15) is 0 Å². The molecule has 0 aliphatic carbocycles. The van der Waals surface area contributed by atoms with Crippen LogP contribution in [-0.2, 0) is 7.05 Å². The molecule has 1 amide bonds. The van der Waals surface area contributed by atoms with E-state index in [0.29, 0.717) is 6.54 Å². The molecule has 0 aromatic carbocycles. The van der Waals surface area contributed by atoms with E-state index in [4.69, 9.17) is 0 Å². The molecule has 7 nitrogen and oxygen atoms in total. The Bertz CT molecular complexity index is 512. The lowest BCUT2D eigenvalue weighted by Gasteiger charge is -2.27. The molecule has 1 saturated heterocycles. The first-order valence-electron chi connectivity index (χ1n) is 6.78. The zero-order chi connectivity index (χ0) is 14.7. The first-order valence-corrected chi connectivity index (χ1v) is 6.78. The summed E-state index contributed by atoms with van der Waals surface area (Å²) in [4.78, 5) is 24.5. The number of nitrogens with zero attached hydrogens (tertiary/aromatic N) is 3. The lowest BCUT2D eigenvalue weighted by atomic mass is 10.1. The topological polar surface area (TPSA) is 88.6 Å². The number of aromatic nitrogens is 1. The molecule has 2 rings (SSSR count). The molecule has 1 fully saturated rings. The molecule has 2 heterocycles. The molecule has 7 heteroatoms. The number of hydrogen-bond acceptors (Lipinski definition) is 4. The second kappa shape index (κ2) is 6.04. The Hall–Kier alpha value is -1.89. The van der Waals surface area contributed by atoms with Gasteiger partial charge >= 0.3 is 5.82 Å². The Morgan fingerprint density at radius 2 is 2.20 bits per heavy atom. The molecular weight excluding hydrogens is 262 g/mol. The smallest absolute Gasteiger partial charge is 0.323 e. The highest BCUT2D eigenvalue weighted by Crippen LogP contribution is 2.22. The molecule has 1 aliphatic heterocycles.